The molecule has 8 rings (SSSR count). The zero-order valence-electron chi connectivity index (χ0n) is 17.4. The molecule has 0 radical (unpaired) electrons. The first-order valence-corrected chi connectivity index (χ1v) is 11.8. The van der Waals surface area contributed by atoms with Gasteiger partial charge < -0.3 is 0 Å². The van der Waals surface area contributed by atoms with E-state index < -0.39 is 0 Å². The number of pyridine rings is 1. The second-order valence-electron chi connectivity index (χ2n) is 8.44. The standard InChI is InChI=1S/C29H15N3S/c1-3-9-20-16(6-1)17-12-13-23-27(29(17)32-20)26-18(8-5-10-22(26)30-23)21-14-15-25-28(31-21)19-7-2-4-11-24(19)33-25/h1-15H. The summed E-state index contributed by atoms with van der Waals surface area (Å²) in [6.45, 7) is 0. The summed E-state index contributed by atoms with van der Waals surface area (Å²) in [5, 5.41) is 5.58. The number of nitrogens with zero attached hydrogens (tertiary/aromatic N) is 3. The van der Waals surface area contributed by atoms with Gasteiger partial charge in [0.05, 0.1) is 38.0 Å². The molecule has 2 aromatic heterocycles. The van der Waals surface area contributed by atoms with Crippen molar-refractivity contribution < 1.29 is 0 Å². The average Bonchev–Trinajstić information content (AvgIpc) is 3.53. The second kappa shape index (κ2) is 6.21. The van der Waals surface area contributed by atoms with Crippen LogP contribution in [0.15, 0.2) is 101 Å². The molecule has 0 bridgehead atoms. The largest absolute Gasteiger partial charge is 0.248 e. The van der Waals surface area contributed by atoms with Crippen molar-refractivity contribution in [2.45, 2.75) is 0 Å². The van der Waals surface area contributed by atoms with E-state index in [1.165, 1.54) is 25.2 Å². The van der Waals surface area contributed by atoms with Gasteiger partial charge in [-0.2, -0.15) is 0 Å². The van der Waals surface area contributed by atoms with Crippen molar-refractivity contribution in [2.75, 3.05) is 0 Å². The van der Waals surface area contributed by atoms with Crippen LogP contribution in [0.4, 0.5) is 11.4 Å². The highest BCUT2D eigenvalue weighted by atomic mass is 32.1. The molecule has 6 aromatic rings. The van der Waals surface area contributed by atoms with E-state index in [1.807, 2.05) is 6.07 Å². The van der Waals surface area contributed by atoms with Crippen molar-refractivity contribution in [3.8, 4) is 22.4 Å². The highest BCUT2D eigenvalue weighted by Gasteiger charge is 2.24. The SMILES string of the molecule is c1cc2c(c(-c3ccc4sc5ccccc5c4n3)c1)-c1c3c(ccc1=N2)=c1ccccc1=N3. The summed E-state index contributed by atoms with van der Waals surface area (Å²) in [6, 6.07) is 31.8. The molecule has 0 amide bonds. The third-order valence-electron chi connectivity index (χ3n) is 6.61. The summed E-state index contributed by atoms with van der Waals surface area (Å²) in [4.78, 5) is 15.1. The molecule has 2 aliphatic rings. The quantitative estimate of drug-likeness (QED) is 0.285. The Kier molecular flexibility index (Phi) is 3.28. The predicted molar refractivity (Wildman–Crippen MR) is 134 cm³/mol. The van der Waals surface area contributed by atoms with Gasteiger partial charge in [-0.25, -0.2) is 15.0 Å². The van der Waals surface area contributed by atoms with Crippen LogP contribution in [0.2, 0.25) is 0 Å². The molecule has 0 spiro atoms. The summed E-state index contributed by atoms with van der Waals surface area (Å²) < 4.78 is 2.48. The van der Waals surface area contributed by atoms with Crippen LogP contribution >= 0.6 is 11.3 Å². The predicted octanol–water partition coefficient (Wildman–Crippen LogP) is 6.60. The lowest BCUT2D eigenvalue weighted by Gasteiger charge is -2.10. The fourth-order valence-electron chi connectivity index (χ4n) is 5.15. The van der Waals surface area contributed by atoms with Gasteiger partial charge in [-0.05, 0) is 42.5 Å². The Bertz CT molecular complexity index is 2040. The molecular formula is C29H15N3S. The van der Waals surface area contributed by atoms with Crippen molar-refractivity contribution in [2.24, 2.45) is 9.98 Å². The summed E-state index contributed by atoms with van der Waals surface area (Å²) in [5.41, 5.74) is 7.39. The number of para-hydroxylation sites is 1. The lowest BCUT2D eigenvalue weighted by Crippen LogP contribution is -2.01. The van der Waals surface area contributed by atoms with Crippen molar-refractivity contribution >= 4 is 43.0 Å². The second-order valence-corrected chi connectivity index (χ2v) is 9.52. The van der Waals surface area contributed by atoms with Crippen LogP contribution in [0.1, 0.15) is 0 Å². The number of thiophene rings is 1. The monoisotopic (exact) mass is 437 g/mol. The van der Waals surface area contributed by atoms with Crippen LogP contribution in [-0.4, -0.2) is 4.98 Å². The van der Waals surface area contributed by atoms with E-state index >= 15 is 0 Å². The van der Waals surface area contributed by atoms with Gasteiger partial charge in [0, 0.05) is 37.2 Å². The maximum atomic E-state index is 5.16. The molecule has 0 saturated carbocycles. The van der Waals surface area contributed by atoms with E-state index in [1.54, 1.807) is 11.3 Å². The Morgan fingerprint density at radius 3 is 2.48 bits per heavy atom. The molecule has 0 saturated heterocycles. The van der Waals surface area contributed by atoms with Gasteiger partial charge in [-0.3, -0.25) is 0 Å². The van der Waals surface area contributed by atoms with E-state index in [4.69, 9.17) is 15.0 Å². The van der Waals surface area contributed by atoms with E-state index in [9.17, 15) is 0 Å². The number of benzene rings is 4. The summed E-state index contributed by atoms with van der Waals surface area (Å²) in [6.07, 6.45) is 0. The Morgan fingerprint density at radius 1 is 0.576 bits per heavy atom. The molecular weight excluding hydrogens is 422 g/mol. The zero-order chi connectivity index (χ0) is 21.5. The van der Waals surface area contributed by atoms with E-state index in [-0.39, 0.29) is 0 Å². The molecule has 4 heteroatoms. The molecule has 0 fully saturated rings. The Morgan fingerprint density at radius 2 is 1.48 bits per heavy atom. The normalized spacial score (nSPS) is 12.7. The summed E-state index contributed by atoms with van der Waals surface area (Å²) >= 11 is 1.79. The first-order chi connectivity index (χ1) is 16.3. The molecule has 0 aliphatic carbocycles. The lowest BCUT2D eigenvalue weighted by molar-refractivity contribution is 1.36. The van der Waals surface area contributed by atoms with Crippen molar-refractivity contribution in [1.82, 2.24) is 4.98 Å². The van der Waals surface area contributed by atoms with Crippen LogP contribution in [0.5, 0.6) is 0 Å². The maximum absolute atomic E-state index is 5.16. The molecule has 152 valence electrons. The summed E-state index contributed by atoms with van der Waals surface area (Å²) in [5.74, 6) is 0. The molecule has 2 aliphatic heterocycles. The van der Waals surface area contributed by atoms with Crippen molar-refractivity contribution in [3.05, 3.63) is 112 Å². The molecule has 0 N–H and O–H groups in total. The minimum atomic E-state index is 0.971. The van der Waals surface area contributed by atoms with Crippen LogP contribution in [-0.2, 0) is 0 Å². The van der Waals surface area contributed by atoms with Gasteiger partial charge >= 0.3 is 0 Å². The minimum absolute atomic E-state index is 0.971. The highest BCUT2D eigenvalue weighted by molar-refractivity contribution is 7.25. The Balaban J connectivity index is 1.44. The zero-order valence-corrected chi connectivity index (χ0v) is 18.2. The molecule has 33 heavy (non-hydrogen) atoms. The minimum Gasteiger partial charge on any atom is -0.248 e. The van der Waals surface area contributed by atoms with Crippen molar-refractivity contribution in [1.29, 1.82) is 0 Å². The van der Waals surface area contributed by atoms with E-state index in [0.29, 0.717) is 0 Å². The lowest BCUT2D eigenvalue weighted by atomic mass is 9.95. The van der Waals surface area contributed by atoms with Crippen LogP contribution in [0.25, 0.3) is 42.7 Å². The number of hydrogen-bond acceptors (Lipinski definition) is 4. The number of fused-ring (bicyclic) bond motifs is 9. The first kappa shape index (κ1) is 17.4. The molecule has 4 heterocycles. The average molecular weight is 438 g/mol. The molecule has 0 unspecified atom stereocenters. The Labute approximate surface area is 192 Å². The van der Waals surface area contributed by atoms with Crippen LogP contribution in [0.3, 0.4) is 0 Å². The van der Waals surface area contributed by atoms with Crippen LogP contribution < -0.4 is 10.7 Å². The Hall–Kier alpha value is -4.15. The summed E-state index contributed by atoms with van der Waals surface area (Å²) in [7, 11) is 0. The maximum Gasteiger partial charge on any atom is 0.0895 e. The first-order valence-electron chi connectivity index (χ1n) is 11.0. The fraction of sp³-hybridized carbons (Fsp3) is 0. The number of hydrogen-bond donors (Lipinski definition) is 0. The van der Waals surface area contributed by atoms with Gasteiger partial charge in [0.1, 0.15) is 0 Å². The molecule has 0 atom stereocenters. The number of rotatable bonds is 1. The van der Waals surface area contributed by atoms with Crippen molar-refractivity contribution in [3.63, 3.8) is 0 Å². The molecule has 4 aromatic carbocycles. The third kappa shape index (κ3) is 2.31. The van der Waals surface area contributed by atoms with E-state index in [2.05, 4.69) is 84.9 Å². The topological polar surface area (TPSA) is 37.6 Å². The smallest absolute Gasteiger partial charge is 0.0895 e. The van der Waals surface area contributed by atoms with Gasteiger partial charge in [0.15, 0.2) is 0 Å². The van der Waals surface area contributed by atoms with Gasteiger partial charge in [0.25, 0.3) is 0 Å². The third-order valence-corrected chi connectivity index (χ3v) is 7.74. The van der Waals surface area contributed by atoms with Gasteiger partial charge in [-0.1, -0.05) is 48.5 Å². The van der Waals surface area contributed by atoms with Gasteiger partial charge in [0.2, 0.25) is 0 Å². The highest BCUT2D eigenvalue weighted by Crippen LogP contribution is 2.45. The van der Waals surface area contributed by atoms with Crippen LogP contribution in [0, 0.1) is 10.4 Å². The van der Waals surface area contributed by atoms with Gasteiger partial charge in [-0.15, -0.1) is 11.3 Å². The fourth-order valence-corrected chi connectivity index (χ4v) is 6.20. The van der Waals surface area contributed by atoms with E-state index in [0.717, 1.165) is 50.0 Å². The molecule has 3 nitrogen and oxygen atoms in total. The number of aromatic nitrogens is 1.